The molecule has 1 aliphatic heterocycles. The molecule has 2 heterocycles. The first-order chi connectivity index (χ1) is 8.74. The maximum Gasteiger partial charge on any atom is 0.137 e. The molecule has 1 aliphatic rings. The number of hydrogen-bond donors (Lipinski definition) is 1. The van der Waals surface area contributed by atoms with Gasteiger partial charge in [-0.1, -0.05) is 25.1 Å². The van der Waals surface area contributed by atoms with E-state index >= 15 is 0 Å². The molecule has 0 spiro atoms. The molecular formula is C13H20ClN3O. The molecule has 100 valence electrons. The first-order valence-electron chi connectivity index (χ1n) is 6.51. The number of ether oxygens (including phenoxy) is 1. The minimum atomic E-state index is 0.0652. The van der Waals surface area contributed by atoms with Crippen molar-refractivity contribution in [1.82, 2.24) is 9.55 Å². The molecule has 1 atom stereocenters. The Kier molecular flexibility index (Phi) is 4.66. The predicted molar refractivity (Wildman–Crippen MR) is 74.7 cm³/mol. The molecule has 1 N–H and O–H groups in total. The van der Waals surface area contributed by atoms with E-state index in [2.05, 4.69) is 23.8 Å². The fourth-order valence-electron chi connectivity index (χ4n) is 2.14. The summed E-state index contributed by atoms with van der Waals surface area (Å²) in [5.74, 6) is 0.920. The molecule has 1 unspecified atom stereocenters. The largest absolute Gasteiger partial charge is 0.370 e. The van der Waals surface area contributed by atoms with Gasteiger partial charge in [0.25, 0.3) is 0 Å². The highest BCUT2D eigenvalue weighted by molar-refractivity contribution is 6.48. The lowest BCUT2D eigenvalue weighted by Crippen LogP contribution is -2.20. The van der Waals surface area contributed by atoms with Crippen LogP contribution in [0.5, 0.6) is 0 Å². The van der Waals surface area contributed by atoms with E-state index < -0.39 is 0 Å². The predicted octanol–water partition coefficient (Wildman–Crippen LogP) is 3.61. The van der Waals surface area contributed by atoms with E-state index in [0.29, 0.717) is 5.03 Å². The molecule has 0 radical (unpaired) electrons. The number of nitrogens with zero attached hydrogens (tertiary/aromatic N) is 2. The third-order valence-electron chi connectivity index (χ3n) is 3.06. The van der Waals surface area contributed by atoms with Crippen molar-refractivity contribution in [3.63, 3.8) is 0 Å². The second kappa shape index (κ2) is 6.25. The van der Waals surface area contributed by atoms with Crippen molar-refractivity contribution in [3.05, 3.63) is 18.6 Å². The number of anilines is 1. The zero-order valence-electron chi connectivity index (χ0n) is 10.8. The van der Waals surface area contributed by atoms with Crippen LogP contribution in [0.3, 0.4) is 0 Å². The van der Waals surface area contributed by atoms with E-state index in [9.17, 15) is 0 Å². The summed E-state index contributed by atoms with van der Waals surface area (Å²) in [6, 6.07) is 0. The third-order valence-corrected chi connectivity index (χ3v) is 3.24. The van der Waals surface area contributed by atoms with Gasteiger partial charge >= 0.3 is 0 Å². The Balaban J connectivity index is 2.24. The van der Waals surface area contributed by atoms with E-state index in [0.717, 1.165) is 43.9 Å². The van der Waals surface area contributed by atoms with Crippen molar-refractivity contribution in [1.29, 1.82) is 0 Å². The standard InChI is InChI=1S/C13H20ClN3O/c1-3-7-15-13-12(10(2)14)16-9-17(13)11-6-4-5-8-18-11/h9,11,15H,2-8H2,1H3. The van der Waals surface area contributed by atoms with Gasteiger partial charge < -0.3 is 10.1 Å². The molecule has 0 bridgehead atoms. The van der Waals surface area contributed by atoms with Crippen LogP contribution in [-0.2, 0) is 4.74 Å². The maximum absolute atomic E-state index is 5.99. The van der Waals surface area contributed by atoms with E-state index in [1.165, 1.54) is 6.42 Å². The molecular weight excluding hydrogens is 250 g/mol. The van der Waals surface area contributed by atoms with Crippen molar-refractivity contribution in [2.45, 2.75) is 38.8 Å². The molecule has 1 aromatic heterocycles. The van der Waals surface area contributed by atoms with Crippen molar-refractivity contribution in [2.24, 2.45) is 0 Å². The summed E-state index contributed by atoms with van der Waals surface area (Å²) in [6.45, 7) is 7.58. The Labute approximate surface area is 113 Å². The zero-order chi connectivity index (χ0) is 13.0. The number of imidazole rings is 1. The number of hydrogen-bond acceptors (Lipinski definition) is 3. The van der Waals surface area contributed by atoms with Crippen LogP contribution in [0.1, 0.15) is 44.5 Å². The number of nitrogens with one attached hydrogen (secondary N) is 1. The SMILES string of the molecule is C=C(Cl)c1ncn(C2CCCCO2)c1NCCC. The Hall–Kier alpha value is -1.00. The smallest absolute Gasteiger partial charge is 0.137 e. The first-order valence-corrected chi connectivity index (χ1v) is 6.89. The Morgan fingerprint density at radius 3 is 3.11 bits per heavy atom. The first kappa shape index (κ1) is 13.4. The van der Waals surface area contributed by atoms with Crippen LogP contribution in [0.4, 0.5) is 5.82 Å². The van der Waals surface area contributed by atoms with Gasteiger partial charge in [-0.2, -0.15) is 0 Å². The number of aromatic nitrogens is 2. The average molecular weight is 270 g/mol. The zero-order valence-corrected chi connectivity index (χ0v) is 11.5. The minimum absolute atomic E-state index is 0.0652. The molecule has 0 amide bonds. The Morgan fingerprint density at radius 1 is 1.67 bits per heavy atom. The van der Waals surface area contributed by atoms with Crippen molar-refractivity contribution in [2.75, 3.05) is 18.5 Å². The summed E-state index contributed by atoms with van der Waals surface area (Å²) in [6.07, 6.45) is 6.24. The van der Waals surface area contributed by atoms with Crippen LogP contribution in [0.15, 0.2) is 12.9 Å². The molecule has 1 aromatic rings. The summed E-state index contributed by atoms with van der Waals surface area (Å²) in [7, 11) is 0. The second-order valence-electron chi connectivity index (χ2n) is 4.50. The van der Waals surface area contributed by atoms with E-state index in [-0.39, 0.29) is 6.23 Å². The monoisotopic (exact) mass is 269 g/mol. The third kappa shape index (κ3) is 2.87. The Morgan fingerprint density at radius 2 is 2.50 bits per heavy atom. The van der Waals surface area contributed by atoms with Crippen LogP contribution in [0.25, 0.3) is 5.03 Å². The van der Waals surface area contributed by atoms with Gasteiger partial charge in [0.05, 0.1) is 11.4 Å². The number of rotatable bonds is 5. The van der Waals surface area contributed by atoms with Gasteiger partial charge in [0.1, 0.15) is 17.7 Å². The van der Waals surface area contributed by atoms with Crippen LogP contribution < -0.4 is 5.32 Å². The molecule has 0 saturated carbocycles. The lowest BCUT2D eigenvalue weighted by Gasteiger charge is -2.25. The van der Waals surface area contributed by atoms with Gasteiger partial charge in [-0.3, -0.25) is 4.57 Å². The van der Waals surface area contributed by atoms with Gasteiger partial charge in [0.2, 0.25) is 0 Å². The van der Waals surface area contributed by atoms with Crippen molar-refractivity contribution >= 4 is 22.5 Å². The maximum atomic E-state index is 5.99. The summed E-state index contributed by atoms with van der Waals surface area (Å²) in [5, 5.41) is 3.83. The minimum Gasteiger partial charge on any atom is -0.370 e. The highest BCUT2D eigenvalue weighted by Gasteiger charge is 2.21. The van der Waals surface area contributed by atoms with Crippen LogP contribution >= 0.6 is 11.6 Å². The van der Waals surface area contributed by atoms with E-state index in [1.54, 1.807) is 6.33 Å². The van der Waals surface area contributed by atoms with Crippen LogP contribution in [0.2, 0.25) is 0 Å². The highest BCUT2D eigenvalue weighted by Crippen LogP contribution is 2.31. The number of halogens is 1. The molecule has 18 heavy (non-hydrogen) atoms. The Bertz CT molecular complexity index is 410. The van der Waals surface area contributed by atoms with Crippen LogP contribution in [-0.4, -0.2) is 22.7 Å². The summed E-state index contributed by atoms with van der Waals surface area (Å²) in [5.41, 5.74) is 0.722. The molecule has 4 nitrogen and oxygen atoms in total. The van der Waals surface area contributed by atoms with Crippen molar-refractivity contribution < 1.29 is 4.74 Å². The fourth-order valence-corrected chi connectivity index (χ4v) is 2.28. The topological polar surface area (TPSA) is 39.1 Å². The second-order valence-corrected chi connectivity index (χ2v) is 4.96. The normalized spacial score (nSPS) is 19.8. The lowest BCUT2D eigenvalue weighted by molar-refractivity contribution is -0.0308. The summed E-state index contributed by atoms with van der Waals surface area (Å²) >= 11 is 5.99. The average Bonchev–Trinajstić information content (AvgIpc) is 2.81. The highest BCUT2D eigenvalue weighted by atomic mass is 35.5. The molecule has 0 aliphatic carbocycles. The van der Waals surface area contributed by atoms with E-state index in [1.807, 2.05) is 4.57 Å². The molecule has 1 saturated heterocycles. The summed E-state index contributed by atoms with van der Waals surface area (Å²) < 4.78 is 7.83. The fraction of sp³-hybridized carbons (Fsp3) is 0.615. The van der Waals surface area contributed by atoms with Gasteiger partial charge in [-0.05, 0) is 25.7 Å². The van der Waals surface area contributed by atoms with Crippen LogP contribution in [0, 0.1) is 0 Å². The molecule has 0 aromatic carbocycles. The summed E-state index contributed by atoms with van der Waals surface area (Å²) in [4.78, 5) is 4.33. The van der Waals surface area contributed by atoms with Gasteiger partial charge in [0.15, 0.2) is 0 Å². The van der Waals surface area contributed by atoms with Gasteiger partial charge in [0, 0.05) is 13.2 Å². The van der Waals surface area contributed by atoms with Crippen molar-refractivity contribution in [3.8, 4) is 0 Å². The van der Waals surface area contributed by atoms with Gasteiger partial charge in [-0.25, -0.2) is 4.98 Å². The molecule has 5 heteroatoms. The molecule has 1 fully saturated rings. The lowest BCUT2D eigenvalue weighted by atomic mass is 10.2. The van der Waals surface area contributed by atoms with Gasteiger partial charge in [-0.15, -0.1) is 0 Å². The quantitative estimate of drug-likeness (QED) is 0.887. The molecule has 2 rings (SSSR count). The van der Waals surface area contributed by atoms with E-state index in [4.69, 9.17) is 16.3 Å².